The van der Waals surface area contributed by atoms with Crippen LogP contribution in [0.15, 0.2) is 97.2 Å². The van der Waals surface area contributed by atoms with E-state index in [0.29, 0.717) is 49.2 Å². The molecule has 1 fully saturated rings. The molecule has 5 N–H and O–H groups in total. The van der Waals surface area contributed by atoms with Crippen molar-refractivity contribution in [2.45, 2.75) is 70.1 Å². The van der Waals surface area contributed by atoms with E-state index >= 15 is 0 Å². The van der Waals surface area contributed by atoms with Crippen molar-refractivity contribution in [2.75, 3.05) is 36.5 Å². The van der Waals surface area contributed by atoms with Gasteiger partial charge in [-0.15, -0.1) is 0 Å². The highest BCUT2D eigenvalue weighted by molar-refractivity contribution is 5.93. The molecule has 1 saturated heterocycles. The van der Waals surface area contributed by atoms with Crippen LogP contribution < -0.4 is 16.4 Å². The molecule has 1 aliphatic rings. The summed E-state index contributed by atoms with van der Waals surface area (Å²) in [5.41, 5.74) is 11.6. The number of likely N-dealkylation sites (N-methyl/N-ethyl adjacent to an activating group) is 1. The molecule has 0 spiro atoms. The lowest BCUT2D eigenvalue weighted by Crippen LogP contribution is -2.38. The number of hydrogen-bond donors (Lipinski definition) is 4. The number of aliphatic hydroxyl groups is 1. The van der Waals surface area contributed by atoms with E-state index in [2.05, 4.69) is 27.6 Å². The Kier molecular flexibility index (Phi) is 13.3. The topological polar surface area (TPSA) is 139 Å². The van der Waals surface area contributed by atoms with Crippen LogP contribution in [-0.2, 0) is 32.1 Å². The molecule has 2 amide bonds. The minimum Gasteiger partial charge on any atom is -0.397 e. The SMILES string of the molecule is CN(CCc1ccccn1)C[C@@H]1C[C@H](c2ccc(CO)cc2)O[C@H](c2ccc(NC(=O)CCCCCC(=O)Nc3ccccc3N)cc2)O1. The van der Waals surface area contributed by atoms with E-state index in [1.807, 2.05) is 85.1 Å². The van der Waals surface area contributed by atoms with Gasteiger partial charge in [0, 0.05) is 61.9 Å². The van der Waals surface area contributed by atoms with E-state index in [1.165, 1.54) is 0 Å². The Balaban J connectivity index is 1.11. The first kappa shape index (κ1) is 35.7. The van der Waals surface area contributed by atoms with Gasteiger partial charge in [-0.25, -0.2) is 0 Å². The van der Waals surface area contributed by atoms with Gasteiger partial charge in [0.1, 0.15) is 0 Å². The van der Waals surface area contributed by atoms with Crippen molar-refractivity contribution in [3.63, 3.8) is 0 Å². The molecular formula is C39H47N5O5. The molecule has 2 heterocycles. The van der Waals surface area contributed by atoms with Crippen LogP contribution in [0.1, 0.15) is 73.3 Å². The number of aliphatic hydroxyl groups excluding tert-OH is 1. The fraction of sp³-hybridized carbons (Fsp3) is 0.359. The van der Waals surface area contributed by atoms with Crippen LogP contribution in [0.3, 0.4) is 0 Å². The van der Waals surface area contributed by atoms with Crippen molar-refractivity contribution in [3.05, 3.63) is 120 Å². The summed E-state index contributed by atoms with van der Waals surface area (Å²) in [5, 5.41) is 15.3. The Morgan fingerprint density at radius 3 is 2.24 bits per heavy atom. The van der Waals surface area contributed by atoms with Crippen LogP contribution in [0.4, 0.5) is 17.1 Å². The van der Waals surface area contributed by atoms with E-state index in [0.717, 1.165) is 48.3 Å². The molecule has 0 unspecified atom stereocenters. The van der Waals surface area contributed by atoms with Gasteiger partial charge in [0.05, 0.1) is 30.2 Å². The van der Waals surface area contributed by atoms with E-state index < -0.39 is 6.29 Å². The maximum atomic E-state index is 12.6. The number of carbonyl (C=O) groups is 2. The molecule has 0 bridgehead atoms. The second-order valence-corrected chi connectivity index (χ2v) is 12.5. The normalized spacial score (nSPS) is 17.5. The van der Waals surface area contributed by atoms with E-state index in [1.54, 1.807) is 12.1 Å². The van der Waals surface area contributed by atoms with Gasteiger partial charge in [-0.2, -0.15) is 0 Å². The molecule has 0 aliphatic carbocycles. The average molecular weight is 666 g/mol. The van der Waals surface area contributed by atoms with Crippen molar-refractivity contribution < 1.29 is 24.2 Å². The maximum absolute atomic E-state index is 12.6. The number of amides is 2. The number of benzene rings is 3. The van der Waals surface area contributed by atoms with E-state index in [4.69, 9.17) is 15.2 Å². The number of carbonyl (C=O) groups excluding carboxylic acids is 2. The summed E-state index contributed by atoms with van der Waals surface area (Å²) in [6.45, 7) is 1.58. The smallest absolute Gasteiger partial charge is 0.224 e. The lowest BCUT2D eigenvalue weighted by atomic mass is 9.99. The standard InChI is InChI=1S/C39H47N5O5/c1-44(24-22-31-9-7-8-23-41-31)26-33-25-36(29-16-14-28(27-45)15-17-29)49-39(48-33)30-18-20-32(21-19-30)42-37(46)12-3-2-4-13-38(47)43-35-11-6-5-10-34(35)40/h5-11,14-21,23,33,36,39,45H,2-4,12-13,22,24-27,40H2,1H3,(H,42,46)(H,43,47)/t33-,36+,39+/m0/s1. The van der Waals surface area contributed by atoms with Gasteiger partial charge in [-0.1, -0.05) is 61.0 Å². The van der Waals surface area contributed by atoms with Crippen LogP contribution in [0.5, 0.6) is 0 Å². The molecule has 5 rings (SSSR count). The minimum absolute atomic E-state index is 0.00566. The van der Waals surface area contributed by atoms with Gasteiger partial charge in [-0.3, -0.25) is 14.6 Å². The molecule has 258 valence electrons. The molecule has 0 saturated carbocycles. The fourth-order valence-corrected chi connectivity index (χ4v) is 5.84. The molecule has 1 aliphatic heterocycles. The number of aromatic nitrogens is 1. The number of nitrogen functional groups attached to an aromatic ring is 1. The first-order chi connectivity index (χ1) is 23.9. The zero-order valence-electron chi connectivity index (χ0n) is 28.1. The predicted octanol–water partition coefficient (Wildman–Crippen LogP) is 6.40. The number of para-hydroxylation sites is 2. The van der Waals surface area contributed by atoms with Crippen LogP contribution in [0, 0.1) is 0 Å². The summed E-state index contributed by atoms with van der Waals surface area (Å²) in [6, 6.07) is 28.6. The van der Waals surface area contributed by atoms with Crippen molar-refractivity contribution >= 4 is 28.9 Å². The van der Waals surface area contributed by atoms with Crippen molar-refractivity contribution in [1.29, 1.82) is 0 Å². The molecule has 0 radical (unpaired) electrons. The van der Waals surface area contributed by atoms with Crippen LogP contribution in [-0.4, -0.2) is 53.0 Å². The van der Waals surface area contributed by atoms with Crippen LogP contribution >= 0.6 is 0 Å². The zero-order valence-corrected chi connectivity index (χ0v) is 28.1. The monoisotopic (exact) mass is 665 g/mol. The third-order valence-corrected chi connectivity index (χ3v) is 8.62. The molecule has 1 aromatic heterocycles. The molecule has 49 heavy (non-hydrogen) atoms. The lowest BCUT2D eigenvalue weighted by molar-refractivity contribution is -0.252. The number of rotatable bonds is 16. The van der Waals surface area contributed by atoms with Crippen molar-refractivity contribution in [2.24, 2.45) is 0 Å². The van der Waals surface area contributed by atoms with Crippen LogP contribution in [0.2, 0.25) is 0 Å². The molecule has 4 aromatic rings. The summed E-state index contributed by atoms with van der Waals surface area (Å²) in [5.74, 6) is -0.155. The number of nitrogens with one attached hydrogen (secondary N) is 2. The number of hydrogen-bond acceptors (Lipinski definition) is 8. The Hall–Kier alpha value is -4.61. The van der Waals surface area contributed by atoms with Gasteiger partial charge in [0.15, 0.2) is 6.29 Å². The Morgan fingerprint density at radius 2 is 1.55 bits per heavy atom. The second-order valence-electron chi connectivity index (χ2n) is 12.5. The first-order valence-corrected chi connectivity index (χ1v) is 17.0. The summed E-state index contributed by atoms with van der Waals surface area (Å²) in [7, 11) is 2.10. The first-order valence-electron chi connectivity index (χ1n) is 17.0. The van der Waals surface area contributed by atoms with E-state index in [-0.39, 0.29) is 30.6 Å². The summed E-state index contributed by atoms with van der Waals surface area (Å²) in [6.07, 6.45) is 5.43. The molecule has 3 atom stereocenters. The maximum Gasteiger partial charge on any atom is 0.224 e. The third-order valence-electron chi connectivity index (χ3n) is 8.62. The quantitative estimate of drug-likeness (QED) is 0.0797. The largest absolute Gasteiger partial charge is 0.397 e. The summed E-state index contributed by atoms with van der Waals surface area (Å²) < 4.78 is 13.0. The zero-order chi connectivity index (χ0) is 34.4. The number of anilines is 3. The minimum atomic E-state index is -0.578. The number of ether oxygens (including phenoxy) is 2. The van der Waals surface area contributed by atoms with Crippen molar-refractivity contribution in [1.82, 2.24) is 9.88 Å². The number of unbranched alkanes of at least 4 members (excludes halogenated alkanes) is 2. The Morgan fingerprint density at radius 1 is 0.857 bits per heavy atom. The van der Waals surface area contributed by atoms with Gasteiger partial charge in [0.25, 0.3) is 0 Å². The Bertz CT molecular complexity index is 1620. The lowest BCUT2D eigenvalue weighted by Gasteiger charge is -2.38. The molecule has 10 heteroatoms. The van der Waals surface area contributed by atoms with E-state index in [9.17, 15) is 14.7 Å². The van der Waals surface area contributed by atoms with Crippen LogP contribution in [0.25, 0.3) is 0 Å². The molecule has 10 nitrogen and oxygen atoms in total. The van der Waals surface area contributed by atoms with Gasteiger partial charge in [0.2, 0.25) is 11.8 Å². The highest BCUT2D eigenvalue weighted by Gasteiger charge is 2.32. The Labute approximate surface area is 288 Å². The number of nitrogens with zero attached hydrogens (tertiary/aromatic N) is 2. The number of pyridine rings is 1. The third kappa shape index (κ3) is 11.2. The molecular weight excluding hydrogens is 618 g/mol. The fourth-order valence-electron chi connectivity index (χ4n) is 5.84. The van der Waals surface area contributed by atoms with Gasteiger partial charge >= 0.3 is 0 Å². The number of nitrogens with two attached hydrogens (primary N) is 1. The highest BCUT2D eigenvalue weighted by Crippen LogP contribution is 2.38. The average Bonchev–Trinajstić information content (AvgIpc) is 3.12. The van der Waals surface area contributed by atoms with Gasteiger partial charge < -0.3 is 35.8 Å². The predicted molar refractivity (Wildman–Crippen MR) is 192 cm³/mol. The summed E-state index contributed by atoms with van der Waals surface area (Å²) in [4.78, 5) is 31.6. The highest BCUT2D eigenvalue weighted by atomic mass is 16.7. The molecule has 3 aromatic carbocycles. The summed E-state index contributed by atoms with van der Waals surface area (Å²) >= 11 is 0. The second kappa shape index (κ2) is 18.2. The van der Waals surface area contributed by atoms with Gasteiger partial charge in [-0.05, 0) is 67.4 Å². The van der Waals surface area contributed by atoms with Crippen molar-refractivity contribution in [3.8, 4) is 0 Å².